The van der Waals surface area contributed by atoms with E-state index < -0.39 is 6.10 Å². The number of urea groups is 1. The molecule has 2 amide bonds. The molecular weight excluding hydrogens is 268 g/mol. The van der Waals surface area contributed by atoms with Crippen LogP contribution in [0.1, 0.15) is 33.6 Å². The molecule has 0 bridgehead atoms. The van der Waals surface area contributed by atoms with Gasteiger partial charge in [0.05, 0.1) is 18.2 Å². The van der Waals surface area contributed by atoms with Gasteiger partial charge in [0.1, 0.15) is 6.23 Å². The molecule has 0 spiro atoms. The smallest absolute Gasteiger partial charge is 0.323 e. The van der Waals surface area contributed by atoms with Crippen LogP contribution in [-0.4, -0.2) is 40.5 Å². The lowest BCUT2D eigenvalue weighted by Crippen LogP contribution is -2.53. The van der Waals surface area contributed by atoms with Gasteiger partial charge < -0.3 is 15.2 Å². The normalized spacial score (nSPS) is 23.0. The van der Waals surface area contributed by atoms with Crippen LogP contribution in [0.5, 0.6) is 0 Å². The number of aliphatic hydroxyl groups excluding tert-OH is 1. The molecule has 0 aliphatic carbocycles. The minimum atomic E-state index is -0.494. The van der Waals surface area contributed by atoms with E-state index in [2.05, 4.69) is 5.32 Å². The maximum absolute atomic E-state index is 12.4. The SMILES string of the molecule is CC(C)(C)OC1CCC(O)CN1C(=O)Nc1ccccc1. The zero-order chi connectivity index (χ0) is 15.5. The maximum atomic E-state index is 12.4. The van der Waals surface area contributed by atoms with E-state index >= 15 is 0 Å². The first-order valence-electron chi connectivity index (χ1n) is 7.34. The number of benzene rings is 1. The van der Waals surface area contributed by atoms with E-state index in [1.165, 1.54) is 0 Å². The lowest BCUT2D eigenvalue weighted by molar-refractivity contribution is -0.142. The Labute approximate surface area is 125 Å². The van der Waals surface area contributed by atoms with E-state index in [4.69, 9.17) is 4.74 Å². The number of nitrogens with one attached hydrogen (secondary N) is 1. The zero-order valence-corrected chi connectivity index (χ0v) is 12.9. The Morgan fingerprint density at radius 2 is 1.95 bits per heavy atom. The molecule has 1 aromatic rings. The van der Waals surface area contributed by atoms with Crippen molar-refractivity contribution in [3.05, 3.63) is 30.3 Å². The van der Waals surface area contributed by atoms with Gasteiger partial charge in [-0.15, -0.1) is 0 Å². The van der Waals surface area contributed by atoms with Gasteiger partial charge in [-0.2, -0.15) is 0 Å². The number of hydrogen-bond acceptors (Lipinski definition) is 3. The second-order valence-corrected chi connectivity index (χ2v) is 6.36. The van der Waals surface area contributed by atoms with Crippen LogP contribution in [0.3, 0.4) is 0 Å². The highest BCUT2D eigenvalue weighted by Gasteiger charge is 2.34. The minimum Gasteiger partial charge on any atom is -0.391 e. The van der Waals surface area contributed by atoms with Crippen molar-refractivity contribution in [2.24, 2.45) is 0 Å². The van der Waals surface area contributed by atoms with Gasteiger partial charge in [-0.05, 0) is 45.7 Å². The maximum Gasteiger partial charge on any atom is 0.323 e. The van der Waals surface area contributed by atoms with Crippen molar-refractivity contribution >= 4 is 11.7 Å². The molecule has 116 valence electrons. The number of ether oxygens (including phenoxy) is 1. The van der Waals surface area contributed by atoms with Gasteiger partial charge in [0.25, 0.3) is 0 Å². The van der Waals surface area contributed by atoms with Crippen molar-refractivity contribution in [2.75, 3.05) is 11.9 Å². The fourth-order valence-electron chi connectivity index (χ4n) is 2.39. The van der Waals surface area contributed by atoms with E-state index in [9.17, 15) is 9.90 Å². The number of piperidine rings is 1. The van der Waals surface area contributed by atoms with Crippen LogP contribution in [0.15, 0.2) is 30.3 Å². The molecule has 21 heavy (non-hydrogen) atoms. The average molecular weight is 292 g/mol. The number of aliphatic hydroxyl groups is 1. The zero-order valence-electron chi connectivity index (χ0n) is 12.9. The molecule has 5 nitrogen and oxygen atoms in total. The number of amides is 2. The number of para-hydroxylation sites is 1. The largest absolute Gasteiger partial charge is 0.391 e. The fraction of sp³-hybridized carbons (Fsp3) is 0.562. The van der Waals surface area contributed by atoms with Crippen molar-refractivity contribution in [3.8, 4) is 0 Å². The number of carbonyl (C=O) groups excluding carboxylic acids is 1. The first-order chi connectivity index (χ1) is 9.85. The molecule has 1 saturated heterocycles. The summed E-state index contributed by atoms with van der Waals surface area (Å²) in [6, 6.07) is 9.05. The Morgan fingerprint density at radius 1 is 1.29 bits per heavy atom. The van der Waals surface area contributed by atoms with Crippen molar-refractivity contribution in [1.82, 2.24) is 4.90 Å². The van der Waals surface area contributed by atoms with Gasteiger partial charge in [-0.25, -0.2) is 4.79 Å². The van der Waals surface area contributed by atoms with Crippen molar-refractivity contribution < 1.29 is 14.6 Å². The summed E-state index contributed by atoms with van der Waals surface area (Å²) in [6.07, 6.45) is 0.486. The molecule has 1 heterocycles. The summed E-state index contributed by atoms with van der Waals surface area (Å²) in [4.78, 5) is 14.0. The number of anilines is 1. The summed E-state index contributed by atoms with van der Waals surface area (Å²) in [5.41, 5.74) is 0.398. The molecule has 1 fully saturated rings. The van der Waals surface area contributed by atoms with Crippen LogP contribution in [0.2, 0.25) is 0 Å². The summed E-state index contributed by atoms with van der Waals surface area (Å²) >= 11 is 0. The van der Waals surface area contributed by atoms with Crippen molar-refractivity contribution in [1.29, 1.82) is 0 Å². The van der Waals surface area contributed by atoms with E-state index in [1.807, 2.05) is 51.1 Å². The average Bonchev–Trinajstić information content (AvgIpc) is 2.40. The van der Waals surface area contributed by atoms with Crippen molar-refractivity contribution in [3.63, 3.8) is 0 Å². The van der Waals surface area contributed by atoms with Crippen LogP contribution < -0.4 is 5.32 Å². The van der Waals surface area contributed by atoms with E-state index in [0.29, 0.717) is 19.4 Å². The second-order valence-electron chi connectivity index (χ2n) is 6.36. The topological polar surface area (TPSA) is 61.8 Å². The monoisotopic (exact) mass is 292 g/mol. The van der Waals surface area contributed by atoms with Gasteiger partial charge in [0.2, 0.25) is 0 Å². The van der Waals surface area contributed by atoms with Gasteiger partial charge in [0.15, 0.2) is 0 Å². The summed E-state index contributed by atoms with van der Waals surface area (Å²) in [7, 11) is 0. The molecular formula is C16H24N2O3. The van der Waals surface area contributed by atoms with Gasteiger partial charge in [-0.3, -0.25) is 4.90 Å². The van der Waals surface area contributed by atoms with Gasteiger partial charge >= 0.3 is 6.03 Å². The second kappa shape index (κ2) is 6.45. The highest BCUT2D eigenvalue weighted by Crippen LogP contribution is 2.24. The van der Waals surface area contributed by atoms with Crippen molar-refractivity contribution in [2.45, 2.75) is 51.5 Å². The van der Waals surface area contributed by atoms with E-state index in [-0.39, 0.29) is 17.9 Å². The molecule has 1 aromatic carbocycles. The predicted molar refractivity (Wildman–Crippen MR) is 82.0 cm³/mol. The van der Waals surface area contributed by atoms with Crippen LogP contribution in [-0.2, 0) is 4.74 Å². The summed E-state index contributed by atoms with van der Waals surface area (Å²) < 4.78 is 5.95. The Hall–Kier alpha value is -1.59. The minimum absolute atomic E-state index is 0.241. The molecule has 1 aliphatic rings. The third-order valence-electron chi connectivity index (χ3n) is 3.28. The molecule has 0 saturated carbocycles. The Kier molecular flexibility index (Phi) is 4.85. The summed E-state index contributed by atoms with van der Waals surface area (Å²) in [5.74, 6) is 0. The Morgan fingerprint density at radius 3 is 2.57 bits per heavy atom. The molecule has 2 rings (SSSR count). The van der Waals surface area contributed by atoms with Gasteiger partial charge in [-0.1, -0.05) is 18.2 Å². The van der Waals surface area contributed by atoms with Crippen LogP contribution in [0.25, 0.3) is 0 Å². The lowest BCUT2D eigenvalue weighted by atomic mass is 10.1. The first kappa shape index (κ1) is 15.8. The molecule has 1 aliphatic heterocycles. The molecule has 0 radical (unpaired) electrons. The molecule has 5 heteroatoms. The Balaban J connectivity index is 2.06. The van der Waals surface area contributed by atoms with Crippen LogP contribution in [0.4, 0.5) is 10.5 Å². The number of rotatable bonds is 2. The van der Waals surface area contributed by atoms with E-state index in [1.54, 1.807) is 4.90 Å². The number of nitrogens with zero attached hydrogens (tertiary/aromatic N) is 1. The highest BCUT2D eigenvalue weighted by molar-refractivity contribution is 5.89. The third-order valence-corrected chi connectivity index (χ3v) is 3.28. The number of hydrogen-bond donors (Lipinski definition) is 2. The number of carbonyl (C=O) groups is 1. The Bertz CT molecular complexity index is 470. The lowest BCUT2D eigenvalue weighted by Gasteiger charge is -2.40. The predicted octanol–water partition coefficient (Wildman–Crippen LogP) is 2.82. The standard InChI is InChI=1S/C16H24N2O3/c1-16(2,3)21-14-10-9-13(19)11-18(14)15(20)17-12-7-5-4-6-8-12/h4-8,13-14,19H,9-11H2,1-3H3,(H,17,20). The number of likely N-dealkylation sites (tertiary alicyclic amines) is 1. The molecule has 0 aromatic heterocycles. The van der Waals surface area contributed by atoms with E-state index in [0.717, 1.165) is 5.69 Å². The number of β-amino-alcohol motifs (C(OH)–C–C–N with tert-alkyl or cyclic N) is 1. The fourth-order valence-corrected chi connectivity index (χ4v) is 2.39. The van der Waals surface area contributed by atoms with Crippen LogP contribution >= 0.6 is 0 Å². The first-order valence-corrected chi connectivity index (χ1v) is 7.34. The van der Waals surface area contributed by atoms with Crippen LogP contribution in [0, 0.1) is 0 Å². The molecule has 2 N–H and O–H groups in total. The summed E-state index contributed by atoms with van der Waals surface area (Å²) in [5, 5.41) is 12.7. The molecule has 2 unspecified atom stereocenters. The summed E-state index contributed by atoms with van der Waals surface area (Å²) in [6.45, 7) is 6.18. The molecule has 2 atom stereocenters. The third kappa shape index (κ3) is 4.72. The quantitative estimate of drug-likeness (QED) is 0.881. The highest BCUT2D eigenvalue weighted by atomic mass is 16.5. The van der Waals surface area contributed by atoms with Gasteiger partial charge in [0, 0.05) is 5.69 Å².